The molecule has 6 nitrogen and oxygen atoms in total. The second kappa shape index (κ2) is 51.0. The molecule has 1 atom stereocenters. The Morgan fingerprint density at radius 1 is 0.349 bits per heavy atom. The topological polar surface area (TPSA) is 78.9 Å². The highest BCUT2D eigenvalue weighted by Crippen LogP contribution is 2.12. The minimum absolute atomic E-state index is 0.123. The van der Waals surface area contributed by atoms with Crippen LogP contribution in [0.2, 0.25) is 0 Å². The smallest absolute Gasteiger partial charge is 0.306 e. The molecular weight excluding hydrogens is 781 g/mol. The predicted molar refractivity (Wildman–Crippen MR) is 270 cm³/mol. The molecule has 0 radical (unpaired) electrons. The van der Waals surface area contributed by atoms with E-state index in [2.05, 4.69) is 112 Å². The average molecular weight is 875 g/mol. The van der Waals surface area contributed by atoms with Crippen molar-refractivity contribution in [1.29, 1.82) is 0 Å². The number of ether oxygens (including phenoxy) is 3. The third-order valence-corrected chi connectivity index (χ3v) is 10.6. The first-order chi connectivity index (χ1) is 31.0. The molecule has 0 aliphatic heterocycles. The molecule has 63 heavy (non-hydrogen) atoms. The number of allylic oxidation sites excluding steroid dienone is 16. The van der Waals surface area contributed by atoms with E-state index in [1.54, 1.807) is 0 Å². The third-order valence-electron chi connectivity index (χ3n) is 10.6. The summed E-state index contributed by atoms with van der Waals surface area (Å²) in [5.41, 5.74) is 0. The molecule has 358 valence electrons. The van der Waals surface area contributed by atoms with Gasteiger partial charge in [0.25, 0.3) is 0 Å². The van der Waals surface area contributed by atoms with Crippen LogP contribution < -0.4 is 0 Å². The van der Waals surface area contributed by atoms with E-state index in [0.29, 0.717) is 19.3 Å². The molecule has 0 rings (SSSR count). The maximum absolute atomic E-state index is 12.8. The van der Waals surface area contributed by atoms with Crippen molar-refractivity contribution in [2.45, 2.75) is 232 Å². The number of carbonyl (C=O) groups excluding carboxylic acids is 3. The quantitative estimate of drug-likeness (QED) is 0.0199. The largest absolute Gasteiger partial charge is 0.462 e. The lowest BCUT2D eigenvalue weighted by Crippen LogP contribution is -2.30. The summed E-state index contributed by atoms with van der Waals surface area (Å²) >= 11 is 0. The van der Waals surface area contributed by atoms with Gasteiger partial charge in [-0.25, -0.2) is 0 Å². The van der Waals surface area contributed by atoms with Gasteiger partial charge in [0.15, 0.2) is 6.10 Å². The second-order valence-corrected chi connectivity index (χ2v) is 16.7. The summed E-state index contributed by atoms with van der Waals surface area (Å²) in [7, 11) is 0. The van der Waals surface area contributed by atoms with Gasteiger partial charge in [-0.2, -0.15) is 0 Å². The zero-order valence-corrected chi connectivity index (χ0v) is 40.8. The van der Waals surface area contributed by atoms with Crippen LogP contribution in [0.15, 0.2) is 97.2 Å². The maximum atomic E-state index is 12.8. The van der Waals surface area contributed by atoms with Crippen LogP contribution in [-0.2, 0) is 28.6 Å². The molecule has 0 aliphatic rings. The van der Waals surface area contributed by atoms with Crippen molar-refractivity contribution in [3.63, 3.8) is 0 Å². The van der Waals surface area contributed by atoms with Gasteiger partial charge in [-0.3, -0.25) is 14.4 Å². The Kier molecular flexibility index (Phi) is 48.0. The lowest BCUT2D eigenvalue weighted by atomic mass is 10.1. The van der Waals surface area contributed by atoms with Gasteiger partial charge in [0.2, 0.25) is 0 Å². The van der Waals surface area contributed by atoms with E-state index in [1.807, 2.05) is 6.08 Å². The zero-order valence-electron chi connectivity index (χ0n) is 40.8. The summed E-state index contributed by atoms with van der Waals surface area (Å²) in [4.78, 5) is 37.9. The molecule has 6 heteroatoms. The van der Waals surface area contributed by atoms with Crippen LogP contribution in [0.3, 0.4) is 0 Å². The van der Waals surface area contributed by atoms with E-state index < -0.39 is 6.10 Å². The van der Waals surface area contributed by atoms with Gasteiger partial charge in [0, 0.05) is 19.3 Å². The summed E-state index contributed by atoms with van der Waals surface area (Å²) < 4.78 is 16.7. The normalized spacial score (nSPS) is 12.9. The van der Waals surface area contributed by atoms with Crippen LogP contribution in [0, 0.1) is 0 Å². The van der Waals surface area contributed by atoms with E-state index in [0.717, 1.165) is 89.9 Å². The number of unbranched alkanes of at least 4 members (excludes halogenated alkanes) is 19. The SMILES string of the molecule is CC/C=C/C/C=C/C/C=C/C/C=C/CCCCCC(=O)OCC(COC(=O)CC/C=C/C/C=C/CCCCCCCC)OC(=O)CCCCC/C=C/C=C/CCCCCCCCC. The highest BCUT2D eigenvalue weighted by atomic mass is 16.6. The van der Waals surface area contributed by atoms with Crippen molar-refractivity contribution in [3.8, 4) is 0 Å². The van der Waals surface area contributed by atoms with Gasteiger partial charge < -0.3 is 14.2 Å². The van der Waals surface area contributed by atoms with Gasteiger partial charge >= 0.3 is 17.9 Å². The molecular formula is C57H94O6. The Balaban J connectivity index is 4.56. The van der Waals surface area contributed by atoms with Crippen LogP contribution >= 0.6 is 0 Å². The molecule has 0 spiro atoms. The maximum Gasteiger partial charge on any atom is 0.306 e. The number of rotatable bonds is 45. The number of hydrogen-bond donors (Lipinski definition) is 0. The third kappa shape index (κ3) is 49.2. The number of esters is 3. The van der Waals surface area contributed by atoms with E-state index in [1.165, 1.54) is 83.5 Å². The molecule has 0 N–H and O–H groups in total. The van der Waals surface area contributed by atoms with Crippen molar-refractivity contribution in [1.82, 2.24) is 0 Å². The van der Waals surface area contributed by atoms with Crippen LogP contribution in [0.1, 0.15) is 226 Å². The van der Waals surface area contributed by atoms with E-state index >= 15 is 0 Å². The van der Waals surface area contributed by atoms with Crippen molar-refractivity contribution < 1.29 is 28.6 Å². The summed E-state index contributed by atoms with van der Waals surface area (Å²) in [6.07, 6.45) is 66.9. The van der Waals surface area contributed by atoms with E-state index in [-0.39, 0.29) is 44.0 Å². The van der Waals surface area contributed by atoms with Gasteiger partial charge in [0.1, 0.15) is 13.2 Å². The van der Waals surface area contributed by atoms with E-state index in [9.17, 15) is 14.4 Å². The molecule has 0 aliphatic carbocycles. The predicted octanol–water partition coefficient (Wildman–Crippen LogP) is 17.0. The average Bonchev–Trinajstić information content (AvgIpc) is 3.28. The molecule has 0 aromatic rings. The zero-order chi connectivity index (χ0) is 45.8. The lowest BCUT2D eigenvalue weighted by molar-refractivity contribution is -0.166. The molecule has 0 fully saturated rings. The van der Waals surface area contributed by atoms with Crippen molar-refractivity contribution in [2.75, 3.05) is 13.2 Å². The fraction of sp³-hybridized carbons (Fsp3) is 0.667. The Labute approximate surface area is 387 Å². The standard InChI is InChI=1S/C57H94O6/c1-4-7-10-13-16-19-22-25-27-29-32-35-38-41-44-47-50-56(59)62-53-54(52-61-55(58)49-46-43-40-37-34-31-24-21-18-15-12-9-6-3)63-57(60)51-48-45-42-39-36-33-30-28-26-23-20-17-14-11-8-5-2/h7,10,16,19,25,27-28,30-36,40,43,54H,4-6,8-9,11-15,17-18,20-24,26,29,37-39,41-42,44-53H2,1-3H3/b10-7+,19-16+,27-25+,30-28+,34-31+,35-32+,36-33+,43-40+. The molecule has 0 bridgehead atoms. The fourth-order valence-corrected chi connectivity index (χ4v) is 6.71. The summed E-state index contributed by atoms with van der Waals surface area (Å²) in [6, 6.07) is 0. The van der Waals surface area contributed by atoms with Gasteiger partial charge in [-0.15, -0.1) is 0 Å². The second-order valence-electron chi connectivity index (χ2n) is 16.7. The Hall–Kier alpha value is -3.67. The molecule has 0 amide bonds. The van der Waals surface area contributed by atoms with Crippen LogP contribution in [0.4, 0.5) is 0 Å². The highest BCUT2D eigenvalue weighted by Gasteiger charge is 2.19. The monoisotopic (exact) mass is 875 g/mol. The summed E-state index contributed by atoms with van der Waals surface area (Å²) in [5.74, 6) is -1.05. The minimum atomic E-state index is -0.827. The summed E-state index contributed by atoms with van der Waals surface area (Å²) in [5, 5.41) is 0. The Morgan fingerprint density at radius 2 is 0.698 bits per heavy atom. The molecule has 0 saturated heterocycles. The van der Waals surface area contributed by atoms with Crippen molar-refractivity contribution in [2.24, 2.45) is 0 Å². The molecule has 1 unspecified atom stereocenters. The lowest BCUT2D eigenvalue weighted by Gasteiger charge is -2.18. The first-order valence-corrected chi connectivity index (χ1v) is 25.8. The minimum Gasteiger partial charge on any atom is -0.462 e. The van der Waals surface area contributed by atoms with Crippen molar-refractivity contribution in [3.05, 3.63) is 97.2 Å². The van der Waals surface area contributed by atoms with Crippen LogP contribution in [0.25, 0.3) is 0 Å². The highest BCUT2D eigenvalue weighted by molar-refractivity contribution is 5.71. The first kappa shape index (κ1) is 59.3. The first-order valence-electron chi connectivity index (χ1n) is 25.8. The van der Waals surface area contributed by atoms with Crippen LogP contribution in [0.5, 0.6) is 0 Å². The van der Waals surface area contributed by atoms with Gasteiger partial charge in [0.05, 0.1) is 0 Å². The fourth-order valence-electron chi connectivity index (χ4n) is 6.71. The number of hydrogen-bond acceptors (Lipinski definition) is 6. The summed E-state index contributed by atoms with van der Waals surface area (Å²) in [6.45, 7) is 6.40. The van der Waals surface area contributed by atoms with Crippen molar-refractivity contribution >= 4 is 17.9 Å². The Bertz CT molecular complexity index is 1280. The molecule has 0 saturated carbocycles. The van der Waals surface area contributed by atoms with Gasteiger partial charge in [-0.05, 0) is 103 Å². The van der Waals surface area contributed by atoms with Crippen LogP contribution in [-0.4, -0.2) is 37.2 Å². The number of carbonyl (C=O) groups is 3. The molecule has 0 aromatic heterocycles. The van der Waals surface area contributed by atoms with Gasteiger partial charge in [-0.1, -0.05) is 201 Å². The Morgan fingerprint density at radius 3 is 1.16 bits per heavy atom. The molecule has 0 heterocycles. The van der Waals surface area contributed by atoms with E-state index in [4.69, 9.17) is 14.2 Å². The molecule has 0 aromatic carbocycles.